The second-order valence-corrected chi connectivity index (χ2v) is 5.36. The Labute approximate surface area is 127 Å². The number of alkyl halides is 3. The predicted octanol–water partition coefficient (Wildman–Crippen LogP) is 2.20. The van der Waals surface area contributed by atoms with E-state index in [1.807, 2.05) is 12.1 Å². The summed E-state index contributed by atoms with van der Waals surface area (Å²) in [5, 5.41) is 2.63. The molecule has 1 aliphatic rings. The van der Waals surface area contributed by atoms with E-state index in [1.165, 1.54) is 0 Å². The number of ether oxygens (including phenoxy) is 1. The maximum absolute atomic E-state index is 12.0. The lowest BCUT2D eigenvalue weighted by Gasteiger charge is -2.38. The number of carbonyl (C=O) groups is 1. The zero-order valence-electron chi connectivity index (χ0n) is 12.3. The number of hydrogen-bond acceptors (Lipinski definition) is 3. The van der Waals surface area contributed by atoms with Crippen molar-refractivity contribution in [2.75, 3.05) is 26.7 Å². The number of carbonyl (C=O) groups excluding carboxylic acids is 1. The van der Waals surface area contributed by atoms with E-state index in [1.54, 1.807) is 19.2 Å². The number of likely N-dealkylation sites (tertiary alicyclic amines) is 1. The van der Waals surface area contributed by atoms with Crippen molar-refractivity contribution in [3.05, 3.63) is 29.8 Å². The second-order valence-electron chi connectivity index (χ2n) is 5.36. The van der Waals surface area contributed by atoms with Gasteiger partial charge in [-0.15, -0.1) is 0 Å². The third-order valence-electron chi connectivity index (χ3n) is 3.56. The van der Waals surface area contributed by atoms with Gasteiger partial charge >= 0.3 is 6.18 Å². The molecule has 1 amide bonds. The molecule has 0 spiro atoms. The first kappa shape index (κ1) is 16.6. The van der Waals surface area contributed by atoms with Crippen LogP contribution in [0.3, 0.4) is 0 Å². The van der Waals surface area contributed by atoms with E-state index in [2.05, 4.69) is 10.2 Å². The smallest absolute Gasteiger partial charge is 0.392 e. The molecule has 0 saturated carbocycles. The molecule has 22 heavy (non-hydrogen) atoms. The molecule has 0 unspecified atom stereocenters. The van der Waals surface area contributed by atoms with Gasteiger partial charge in [-0.25, -0.2) is 0 Å². The maximum atomic E-state index is 12.0. The van der Waals surface area contributed by atoms with Crippen molar-refractivity contribution in [1.29, 1.82) is 0 Å². The van der Waals surface area contributed by atoms with Gasteiger partial charge in [0.1, 0.15) is 5.75 Å². The summed E-state index contributed by atoms with van der Waals surface area (Å²) < 4.78 is 41.1. The quantitative estimate of drug-likeness (QED) is 0.875. The number of halogens is 3. The van der Waals surface area contributed by atoms with Crippen LogP contribution in [0.5, 0.6) is 5.75 Å². The minimum Gasteiger partial charge on any atom is -0.493 e. The number of benzene rings is 1. The van der Waals surface area contributed by atoms with Gasteiger partial charge < -0.3 is 10.1 Å². The highest BCUT2D eigenvalue weighted by Gasteiger charge is 2.31. The fourth-order valence-electron chi connectivity index (χ4n) is 2.30. The number of nitrogens with zero attached hydrogens (tertiary/aromatic N) is 1. The molecule has 1 aromatic rings. The van der Waals surface area contributed by atoms with Crippen LogP contribution in [0.1, 0.15) is 12.0 Å². The first-order valence-corrected chi connectivity index (χ1v) is 7.10. The Morgan fingerprint density at radius 3 is 2.50 bits per heavy atom. The van der Waals surface area contributed by atoms with Crippen LogP contribution in [0, 0.1) is 5.92 Å². The fraction of sp³-hybridized carbons (Fsp3) is 0.533. The van der Waals surface area contributed by atoms with Crippen molar-refractivity contribution < 1.29 is 22.7 Å². The Kier molecular flexibility index (Phi) is 5.28. The molecule has 0 aromatic heterocycles. The average Bonchev–Trinajstić information content (AvgIpc) is 2.42. The minimum absolute atomic E-state index is 0.0509. The molecule has 1 fully saturated rings. The molecule has 0 aliphatic carbocycles. The van der Waals surface area contributed by atoms with Gasteiger partial charge in [0.15, 0.2) is 0 Å². The van der Waals surface area contributed by atoms with Crippen LogP contribution in [0.25, 0.3) is 0 Å². The Balaban J connectivity index is 1.73. The molecule has 7 heteroatoms. The summed E-state index contributed by atoms with van der Waals surface area (Å²) >= 11 is 0. The van der Waals surface area contributed by atoms with Crippen molar-refractivity contribution >= 4 is 5.91 Å². The monoisotopic (exact) mass is 316 g/mol. The third-order valence-corrected chi connectivity index (χ3v) is 3.56. The third kappa shape index (κ3) is 4.91. The summed E-state index contributed by atoms with van der Waals surface area (Å²) in [6, 6.07) is 7.00. The Morgan fingerprint density at radius 1 is 1.32 bits per heavy atom. The zero-order chi connectivity index (χ0) is 16.2. The Hall–Kier alpha value is -1.76. The molecule has 1 N–H and O–H groups in total. The molecular weight excluding hydrogens is 297 g/mol. The normalized spacial score (nSPS) is 16.2. The molecule has 122 valence electrons. The van der Waals surface area contributed by atoms with Crippen molar-refractivity contribution in [2.24, 2.45) is 5.92 Å². The van der Waals surface area contributed by atoms with Gasteiger partial charge in [-0.3, -0.25) is 9.69 Å². The van der Waals surface area contributed by atoms with Crippen molar-refractivity contribution in [3.63, 3.8) is 0 Å². The SMILES string of the molecule is CNC(=O)C1CN(Cc2ccc(OCCC(F)(F)F)cc2)C1. The highest BCUT2D eigenvalue weighted by Crippen LogP contribution is 2.22. The van der Waals surface area contributed by atoms with Crippen LogP contribution in [-0.4, -0.2) is 43.7 Å². The van der Waals surface area contributed by atoms with Crippen LogP contribution >= 0.6 is 0 Å². The summed E-state index contributed by atoms with van der Waals surface area (Å²) in [5.41, 5.74) is 1.04. The maximum Gasteiger partial charge on any atom is 0.392 e. The summed E-state index contributed by atoms with van der Waals surface area (Å²) in [6.07, 6.45) is -5.15. The number of amides is 1. The molecule has 1 heterocycles. The van der Waals surface area contributed by atoms with Crippen molar-refractivity contribution in [2.45, 2.75) is 19.1 Å². The van der Waals surface area contributed by atoms with Gasteiger partial charge in [0.2, 0.25) is 5.91 Å². The van der Waals surface area contributed by atoms with Crippen LogP contribution < -0.4 is 10.1 Å². The largest absolute Gasteiger partial charge is 0.493 e. The predicted molar refractivity (Wildman–Crippen MR) is 75.4 cm³/mol. The molecule has 1 aromatic carbocycles. The van der Waals surface area contributed by atoms with Crippen LogP contribution in [0.2, 0.25) is 0 Å². The standard InChI is InChI=1S/C15H19F3N2O2/c1-19-14(21)12-9-20(10-12)8-11-2-4-13(5-3-11)22-7-6-15(16,17)18/h2-5,12H,6-10H2,1H3,(H,19,21). The van der Waals surface area contributed by atoms with E-state index >= 15 is 0 Å². The zero-order valence-corrected chi connectivity index (χ0v) is 12.3. The Morgan fingerprint density at radius 2 is 1.95 bits per heavy atom. The second kappa shape index (κ2) is 7.00. The van der Waals surface area contributed by atoms with E-state index < -0.39 is 12.6 Å². The molecule has 1 aliphatic heterocycles. The number of rotatable bonds is 6. The molecular formula is C15H19F3N2O2. The topological polar surface area (TPSA) is 41.6 Å². The van der Waals surface area contributed by atoms with Gasteiger partial charge in [-0.2, -0.15) is 13.2 Å². The number of nitrogens with one attached hydrogen (secondary N) is 1. The van der Waals surface area contributed by atoms with Crippen LogP contribution in [0.4, 0.5) is 13.2 Å². The molecule has 1 saturated heterocycles. The van der Waals surface area contributed by atoms with Crippen LogP contribution in [-0.2, 0) is 11.3 Å². The van der Waals surface area contributed by atoms with Gasteiger partial charge in [0, 0.05) is 26.7 Å². The fourth-order valence-corrected chi connectivity index (χ4v) is 2.30. The van der Waals surface area contributed by atoms with E-state index in [0.717, 1.165) is 25.2 Å². The summed E-state index contributed by atoms with van der Waals surface area (Å²) in [7, 11) is 1.63. The number of hydrogen-bond donors (Lipinski definition) is 1. The Bertz CT molecular complexity index is 497. The summed E-state index contributed by atoms with van der Waals surface area (Å²) in [4.78, 5) is 13.5. The molecule has 2 rings (SSSR count). The molecule has 0 bridgehead atoms. The van der Waals surface area contributed by atoms with Gasteiger partial charge in [-0.1, -0.05) is 12.1 Å². The molecule has 0 atom stereocenters. The van der Waals surface area contributed by atoms with E-state index in [9.17, 15) is 18.0 Å². The first-order chi connectivity index (χ1) is 10.4. The van der Waals surface area contributed by atoms with Gasteiger partial charge in [0.25, 0.3) is 0 Å². The minimum atomic E-state index is -4.20. The summed E-state index contributed by atoms with van der Waals surface area (Å²) in [6.45, 7) is 1.80. The molecule has 0 radical (unpaired) electrons. The van der Waals surface area contributed by atoms with Crippen molar-refractivity contribution in [3.8, 4) is 5.75 Å². The molecule has 4 nitrogen and oxygen atoms in total. The van der Waals surface area contributed by atoms with Crippen molar-refractivity contribution in [1.82, 2.24) is 10.2 Å². The van der Waals surface area contributed by atoms with E-state index in [-0.39, 0.29) is 18.4 Å². The van der Waals surface area contributed by atoms with Gasteiger partial charge in [-0.05, 0) is 17.7 Å². The summed E-state index contributed by atoms with van der Waals surface area (Å²) in [5.74, 6) is 0.541. The lowest BCUT2D eigenvalue weighted by molar-refractivity contribution is -0.139. The lowest BCUT2D eigenvalue weighted by atomic mass is 9.98. The van der Waals surface area contributed by atoms with Gasteiger partial charge in [0.05, 0.1) is 18.9 Å². The van der Waals surface area contributed by atoms with E-state index in [4.69, 9.17) is 4.74 Å². The van der Waals surface area contributed by atoms with E-state index in [0.29, 0.717) is 5.75 Å². The average molecular weight is 316 g/mol. The highest BCUT2D eigenvalue weighted by molar-refractivity contribution is 5.79. The first-order valence-electron chi connectivity index (χ1n) is 7.10. The highest BCUT2D eigenvalue weighted by atomic mass is 19.4. The lowest BCUT2D eigenvalue weighted by Crippen LogP contribution is -2.52. The van der Waals surface area contributed by atoms with Crippen LogP contribution in [0.15, 0.2) is 24.3 Å².